The van der Waals surface area contributed by atoms with E-state index in [1.807, 2.05) is 0 Å². The van der Waals surface area contributed by atoms with Crippen molar-refractivity contribution in [3.63, 3.8) is 0 Å². The van der Waals surface area contributed by atoms with E-state index in [0.717, 1.165) is 101 Å². The van der Waals surface area contributed by atoms with Crippen molar-refractivity contribution in [2.24, 2.45) is 0 Å². The van der Waals surface area contributed by atoms with Crippen molar-refractivity contribution < 1.29 is 0 Å². The van der Waals surface area contributed by atoms with Crippen LogP contribution in [-0.4, -0.2) is 29.9 Å². The van der Waals surface area contributed by atoms with Gasteiger partial charge in [-0.2, -0.15) is 0 Å². The Labute approximate surface area is 395 Å². The summed E-state index contributed by atoms with van der Waals surface area (Å²) in [7, 11) is 0. The number of rotatable bonds is 4. The average molecular weight is 879 g/mol. The summed E-state index contributed by atoms with van der Waals surface area (Å²) in [6, 6.07) is 44.8. The average Bonchev–Trinajstić information content (AvgIpc) is 4.14. The van der Waals surface area contributed by atoms with Crippen LogP contribution >= 0.6 is 0 Å². The number of nitrogens with one attached hydrogen (secondary N) is 3. The van der Waals surface area contributed by atoms with Gasteiger partial charge in [-0.3, -0.25) is 0 Å². The van der Waals surface area contributed by atoms with Crippen LogP contribution in [0.2, 0.25) is 0 Å². The summed E-state index contributed by atoms with van der Waals surface area (Å²) in [4.78, 5) is 27.8. The van der Waals surface area contributed by atoms with Gasteiger partial charge in [0.1, 0.15) is 11.4 Å². The summed E-state index contributed by atoms with van der Waals surface area (Å²) in [5, 5.41) is 0. The molecule has 0 unspecified atom stereocenters. The van der Waals surface area contributed by atoms with Gasteiger partial charge in [-0.05, 0) is 103 Å². The highest BCUT2D eigenvalue weighted by Crippen LogP contribution is 2.46. The van der Waals surface area contributed by atoms with Crippen LogP contribution in [-0.2, 0) is 21.7 Å². The van der Waals surface area contributed by atoms with Gasteiger partial charge in [0.2, 0.25) is 0 Å². The molecular formula is C61H62N6. The lowest BCUT2D eigenvalue weighted by Crippen LogP contribution is -2.10. The molecule has 8 aromatic rings. The van der Waals surface area contributed by atoms with Gasteiger partial charge in [0.15, 0.2) is 0 Å². The van der Waals surface area contributed by atoms with Crippen molar-refractivity contribution in [2.75, 3.05) is 0 Å². The lowest BCUT2D eigenvalue weighted by molar-refractivity contribution is 0.590. The lowest BCUT2D eigenvalue weighted by atomic mass is 9.86. The molecule has 6 heterocycles. The SMILES string of the molecule is CC(C)(C)c1ccc(-c2c3nc(c(-c4ccc(C(C)(C)C)cc4)c4ccc([nH]4)c(-c4ccc(C(C)(C)C)cc4)c4nc(c(-c5ccc(C(C)(C)C)cc5)c5ccc2[nH]5)-c2nc[nH]c2-4)C=C3)cc1. The van der Waals surface area contributed by atoms with Crippen molar-refractivity contribution >= 4 is 34.2 Å². The molecule has 6 heteroatoms. The van der Waals surface area contributed by atoms with Crippen LogP contribution in [0.3, 0.4) is 0 Å². The fraction of sp³-hybridized carbons (Fsp3) is 0.262. The van der Waals surface area contributed by atoms with Gasteiger partial charge in [-0.15, -0.1) is 0 Å². The van der Waals surface area contributed by atoms with Gasteiger partial charge in [0, 0.05) is 44.3 Å². The number of nitrogens with zero attached hydrogens (tertiary/aromatic N) is 3. The molecule has 6 nitrogen and oxygen atoms in total. The Morgan fingerprint density at radius 1 is 0.328 bits per heavy atom. The van der Waals surface area contributed by atoms with E-state index in [1.165, 1.54) is 22.3 Å². The molecule has 4 aromatic heterocycles. The second-order valence-corrected chi connectivity index (χ2v) is 22.5. The van der Waals surface area contributed by atoms with E-state index < -0.39 is 0 Å². The molecule has 0 spiro atoms. The summed E-state index contributed by atoms with van der Waals surface area (Å²) < 4.78 is 0. The molecule has 3 N–H and O–H groups in total. The Morgan fingerprint density at radius 3 is 0.985 bits per heavy atom. The van der Waals surface area contributed by atoms with Crippen LogP contribution in [0.15, 0.2) is 128 Å². The predicted molar refractivity (Wildman–Crippen MR) is 283 cm³/mol. The zero-order valence-corrected chi connectivity index (χ0v) is 41.1. The van der Waals surface area contributed by atoms with Crippen LogP contribution in [0.25, 0.3) is 102 Å². The Kier molecular flexibility index (Phi) is 10.3. The molecule has 67 heavy (non-hydrogen) atoms. The number of aromatic amines is 3. The molecule has 336 valence electrons. The quantitative estimate of drug-likeness (QED) is 0.165. The van der Waals surface area contributed by atoms with Crippen LogP contribution in [0.1, 0.15) is 117 Å². The number of fused-ring (bicyclic) bond motifs is 11. The smallest absolute Gasteiger partial charge is 0.117 e. The summed E-state index contributed by atoms with van der Waals surface area (Å²) in [6.45, 7) is 27.1. The second kappa shape index (κ2) is 15.8. The molecule has 0 fully saturated rings. The van der Waals surface area contributed by atoms with Crippen LogP contribution in [0.4, 0.5) is 0 Å². The molecule has 4 aromatic carbocycles. The zero-order valence-electron chi connectivity index (χ0n) is 41.1. The molecule has 0 amide bonds. The van der Waals surface area contributed by atoms with Crippen molar-refractivity contribution in [1.29, 1.82) is 0 Å². The van der Waals surface area contributed by atoms with E-state index in [1.54, 1.807) is 6.33 Å². The lowest BCUT2D eigenvalue weighted by Gasteiger charge is -2.19. The molecule has 8 bridgehead atoms. The van der Waals surface area contributed by atoms with Crippen LogP contribution in [0.5, 0.6) is 0 Å². The Bertz CT molecular complexity index is 3160. The van der Waals surface area contributed by atoms with Gasteiger partial charge < -0.3 is 15.0 Å². The van der Waals surface area contributed by atoms with Crippen molar-refractivity contribution in [2.45, 2.75) is 105 Å². The maximum Gasteiger partial charge on any atom is 0.117 e. The normalized spacial score (nSPS) is 13.0. The first-order chi connectivity index (χ1) is 31.7. The maximum atomic E-state index is 5.70. The first-order valence-electron chi connectivity index (χ1n) is 23.7. The minimum atomic E-state index is -0.00325. The highest BCUT2D eigenvalue weighted by molar-refractivity contribution is 6.03. The van der Waals surface area contributed by atoms with E-state index in [-0.39, 0.29) is 21.7 Å². The van der Waals surface area contributed by atoms with E-state index in [4.69, 9.17) is 15.0 Å². The monoisotopic (exact) mass is 879 g/mol. The van der Waals surface area contributed by atoms with Crippen molar-refractivity contribution in [3.05, 3.63) is 161 Å². The van der Waals surface area contributed by atoms with Crippen LogP contribution in [0, 0.1) is 0 Å². The number of aromatic nitrogens is 6. The fourth-order valence-electron chi connectivity index (χ4n) is 9.51. The Morgan fingerprint density at radius 2 is 0.642 bits per heavy atom. The number of benzene rings is 4. The van der Waals surface area contributed by atoms with E-state index in [0.29, 0.717) is 0 Å². The largest absolute Gasteiger partial charge is 0.354 e. The molecule has 0 radical (unpaired) electrons. The first kappa shape index (κ1) is 43.8. The summed E-state index contributed by atoms with van der Waals surface area (Å²) >= 11 is 0. The molecule has 2 aliphatic heterocycles. The van der Waals surface area contributed by atoms with E-state index in [9.17, 15) is 0 Å². The third-order valence-electron chi connectivity index (χ3n) is 13.6. The molecule has 2 aliphatic rings. The number of hydrogen-bond acceptors (Lipinski definition) is 3. The Balaban J connectivity index is 1.37. The molecule has 0 aliphatic carbocycles. The minimum Gasteiger partial charge on any atom is -0.354 e. The number of hydrogen-bond donors (Lipinski definition) is 3. The van der Waals surface area contributed by atoms with Gasteiger partial charge in [0.05, 0.1) is 29.1 Å². The fourth-order valence-corrected chi connectivity index (χ4v) is 9.51. The van der Waals surface area contributed by atoms with Crippen molar-refractivity contribution in [1.82, 2.24) is 29.9 Å². The van der Waals surface area contributed by atoms with E-state index >= 15 is 0 Å². The van der Waals surface area contributed by atoms with Crippen molar-refractivity contribution in [3.8, 4) is 67.3 Å². The molecule has 0 saturated heterocycles. The van der Waals surface area contributed by atoms with Crippen LogP contribution < -0.4 is 0 Å². The first-order valence-corrected chi connectivity index (χ1v) is 23.7. The number of imidazole rings is 1. The van der Waals surface area contributed by atoms with Gasteiger partial charge in [0.25, 0.3) is 0 Å². The number of H-pyrrole nitrogens is 3. The van der Waals surface area contributed by atoms with Gasteiger partial charge in [-0.1, -0.05) is 180 Å². The van der Waals surface area contributed by atoms with Gasteiger partial charge >= 0.3 is 0 Å². The third-order valence-corrected chi connectivity index (χ3v) is 13.6. The van der Waals surface area contributed by atoms with Gasteiger partial charge in [-0.25, -0.2) is 15.0 Å². The summed E-state index contributed by atoms with van der Waals surface area (Å²) in [6.07, 6.45) is 6.16. The highest BCUT2D eigenvalue weighted by atomic mass is 15.0. The second-order valence-electron chi connectivity index (χ2n) is 22.5. The minimum absolute atomic E-state index is 0.00208. The summed E-state index contributed by atoms with van der Waals surface area (Å²) in [5.41, 5.74) is 22.4. The molecule has 10 rings (SSSR count). The standard InChI is InChI=1S/C61H62N6/c1-58(2,3)40-21-13-36(14-22-40)50-44-29-30-45(64-44)51(37-15-23-41(24-16-37)59(4,5)6)47-32-34-49(66-47)53(39-19-27-43(28-20-39)61(10,11)12)55-57-56(62-35-63-57)54(67-55)52(48-33-31-46(50)65-48)38-17-25-42(26-18-38)60(7,8)9/h13-35,65-66H,1-12H3,(H,62,63). The summed E-state index contributed by atoms with van der Waals surface area (Å²) in [5.74, 6) is 0. The molecule has 0 saturated carbocycles. The third kappa shape index (κ3) is 8.07. The predicted octanol–water partition coefficient (Wildman–Crippen LogP) is 16.4. The molecular weight excluding hydrogens is 817 g/mol. The molecule has 0 atom stereocenters. The zero-order chi connectivity index (χ0) is 47.2. The Hall–Kier alpha value is -7.05. The topological polar surface area (TPSA) is 86.0 Å². The maximum absolute atomic E-state index is 5.70. The van der Waals surface area contributed by atoms with E-state index in [2.05, 4.69) is 232 Å². The highest BCUT2D eigenvalue weighted by Gasteiger charge is 2.29.